The van der Waals surface area contributed by atoms with Crippen LogP contribution in [0.1, 0.15) is 33.1 Å². The van der Waals surface area contributed by atoms with Crippen molar-refractivity contribution in [3.05, 3.63) is 0 Å². The Kier molecular flexibility index (Phi) is 4.62. The van der Waals surface area contributed by atoms with Gasteiger partial charge in [-0.05, 0) is 44.8 Å². The highest BCUT2D eigenvalue weighted by atomic mass is 16.4. The van der Waals surface area contributed by atoms with Crippen molar-refractivity contribution in [2.24, 2.45) is 11.8 Å². The van der Waals surface area contributed by atoms with Crippen molar-refractivity contribution in [1.29, 1.82) is 0 Å². The summed E-state index contributed by atoms with van der Waals surface area (Å²) in [5, 5.41) is 9.03. The van der Waals surface area contributed by atoms with Gasteiger partial charge in [-0.15, -0.1) is 0 Å². The molecule has 104 valence electrons. The third-order valence-corrected chi connectivity index (χ3v) is 4.36. The zero-order valence-electron chi connectivity index (χ0n) is 11.6. The highest BCUT2D eigenvalue weighted by Gasteiger charge is 2.35. The topological polar surface area (TPSA) is 43.8 Å². The summed E-state index contributed by atoms with van der Waals surface area (Å²) in [6.07, 6.45) is 3.31. The Morgan fingerprint density at radius 2 is 2.06 bits per heavy atom. The standard InChI is InChI=1S/C14H26N2O2/c1-11(2)3-6-15-7-5-13(10-15)16-8-4-12(9-16)14(17)18/h11-13H,3-10H2,1-2H3,(H,17,18). The molecule has 0 amide bonds. The molecule has 18 heavy (non-hydrogen) atoms. The first-order valence-electron chi connectivity index (χ1n) is 7.25. The van der Waals surface area contributed by atoms with Gasteiger partial charge in [0.25, 0.3) is 0 Å². The van der Waals surface area contributed by atoms with Gasteiger partial charge in [0.15, 0.2) is 0 Å². The summed E-state index contributed by atoms with van der Waals surface area (Å²) < 4.78 is 0. The fourth-order valence-electron chi connectivity index (χ4n) is 3.07. The maximum absolute atomic E-state index is 11.0. The first kappa shape index (κ1) is 13.8. The van der Waals surface area contributed by atoms with E-state index in [0.29, 0.717) is 6.04 Å². The van der Waals surface area contributed by atoms with Gasteiger partial charge in [0.05, 0.1) is 5.92 Å². The molecule has 2 aliphatic heterocycles. The molecular formula is C14H26N2O2. The SMILES string of the molecule is CC(C)CCN1CCC(N2CCC(C(=O)O)C2)C1. The Balaban J connectivity index is 1.74. The molecule has 0 bridgehead atoms. The third kappa shape index (κ3) is 3.45. The van der Waals surface area contributed by atoms with Crippen LogP contribution in [0.5, 0.6) is 0 Å². The van der Waals surface area contributed by atoms with Crippen LogP contribution in [-0.2, 0) is 4.79 Å². The zero-order valence-corrected chi connectivity index (χ0v) is 11.6. The molecule has 4 nitrogen and oxygen atoms in total. The smallest absolute Gasteiger partial charge is 0.307 e. The van der Waals surface area contributed by atoms with E-state index in [-0.39, 0.29) is 5.92 Å². The van der Waals surface area contributed by atoms with Gasteiger partial charge in [-0.3, -0.25) is 9.69 Å². The summed E-state index contributed by atoms with van der Waals surface area (Å²) in [4.78, 5) is 15.9. The summed E-state index contributed by atoms with van der Waals surface area (Å²) in [6, 6.07) is 0.599. The largest absolute Gasteiger partial charge is 0.481 e. The van der Waals surface area contributed by atoms with Crippen molar-refractivity contribution in [3.8, 4) is 0 Å². The van der Waals surface area contributed by atoms with E-state index in [4.69, 9.17) is 5.11 Å². The van der Waals surface area contributed by atoms with Crippen LogP contribution in [0.3, 0.4) is 0 Å². The van der Waals surface area contributed by atoms with E-state index in [1.165, 1.54) is 25.9 Å². The lowest BCUT2D eigenvalue weighted by Gasteiger charge is -2.24. The second-order valence-corrected chi connectivity index (χ2v) is 6.24. The van der Waals surface area contributed by atoms with E-state index in [0.717, 1.165) is 32.0 Å². The van der Waals surface area contributed by atoms with E-state index < -0.39 is 5.97 Å². The lowest BCUT2D eigenvalue weighted by molar-refractivity contribution is -0.141. The number of carboxylic acid groups (broad SMARTS) is 1. The molecule has 1 N–H and O–H groups in total. The van der Waals surface area contributed by atoms with Crippen molar-refractivity contribution in [1.82, 2.24) is 9.80 Å². The molecule has 4 heteroatoms. The van der Waals surface area contributed by atoms with Gasteiger partial charge in [0.1, 0.15) is 0 Å². The number of likely N-dealkylation sites (tertiary alicyclic amines) is 2. The molecule has 2 atom stereocenters. The minimum Gasteiger partial charge on any atom is -0.481 e. The van der Waals surface area contributed by atoms with Crippen LogP contribution in [0, 0.1) is 11.8 Å². The van der Waals surface area contributed by atoms with Crippen LogP contribution in [0.4, 0.5) is 0 Å². The number of aliphatic carboxylic acids is 1. The average molecular weight is 254 g/mol. The predicted octanol–water partition coefficient (Wildman–Crippen LogP) is 1.51. The molecule has 0 spiro atoms. The van der Waals surface area contributed by atoms with Gasteiger partial charge >= 0.3 is 5.97 Å². The van der Waals surface area contributed by atoms with Crippen molar-refractivity contribution >= 4 is 5.97 Å². The molecular weight excluding hydrogens is 228 g/mol. The maximum Gasteiger partial charge on any atom is 0.307 e. The molecule has 2 unspecified atom stereocenters. The van der Waals surface area contributed by atoms with E-state index in [9.17, 15) is 4.79 Å². The monoisotopic (exact) mass is 254 g/mol. The molecule has 2 fully saturated rings. The lowest BCUT2D eigenvalue weighted by atomic mass is 10.1. The number of carbonyl (C=O) groups is 1. The molecule has 0 aliphatic carbocycles. The second-order valence-electron chi connectivity index (χ2n) is 6.24. The third-order valence-electron chi connectivity index (χ3n) is 4.36. The minimum atomic E-state index is -0.618. The molecule has 0 aromatic carbocycles. The summed E-state index contributed by atoms with van der Waals surface area (Å²) in [5.41, 5.74) is 0. The Morgan fingerprint density at radius 1 is 1.28 bits per heavy atom. The second kappa shape index (κ2) is 6.02. The van der Waals surface area contributed by atoms with E-state index in [1.807, 2.05) is 0 Å². The number of carboxylic acids is 1. The first-order valence-corrected chi connectivity index (χ1v) is 7.25. The molecule has 2 saturated heterocycles. The highest BCUT2D eigenvalue weighted by Crippen LogP contribution is 2.24. The van der Waals surface area contributed by atoms with Crippen LogP contribution in [0.25, 0.3) is 0 Å². The van der Waals surface area contributed by atoms with Gasteiger partial charge in [0.2, 0.25) is 0 Å². The summed E-state index contributed by atoms with van der Waals surface area (Å²) in [7, 11) is 0. The molecule has 0 aromatic rings. The van der Waals surface area contributed by atoms with Gasteiger partial charge in [0, 0.05) is 19.1 Å². The Morgan fingerprint density at radius 3 is 2.67 bits per heavy atom. The van der Waals surface area contributed by atoms with E-state index >= 15 is 0 Å². The summed E-state index contributed by atoms with van der Waals surface area (Å²) in [6.45, 7) is 9.80. The highest BCUT2D eigenvalue weighted by molar-refractivity contribution is 5.70. The molecule has 0 radical (unpaired) electrons. The van der Waals surface area contributed by atoms with Crippen molar-refractivity contribution in [3.63, 3.8) is 0 Å². The molecule has 2 aliphatic rings. The van der Waals surface area contributed by atoms with Crippen molar-refractivity contribution < 1.29 is 9.90 Å². The summed E-state index contributed by atoms with van der Waals surface area (Å²) in [5.74, 6) is 0.0223. The fraction of sp³-hybridized carbons (Fsp3) is 0.929. The quantitative estimate of drug-likeness (QED) is 0.808. The molecule has 0 aromatic heterocycles. The normalized spacial score (nSPS) is 30.4. The molecule has 0 saturated carbocycles. The van der Waals surface area contributed by atoms with Crippen LogP contribution in [-0.4, -0.2) is 59.6 Å². The number of hydrogen-bond donors (Lipinski definition) is 1. The zero-order chi connectivity index (χ0) is 13.1. The van der Waals surface area contributed by atoms with Crippen LogP contribution in [0.15, 0.2) is 0 Å². The Labute approximate surface area is 110 Å². The van der Waals surface area contributed by atoms with Gasteiger partial charge < -0.3 is 10.0 Å². The van der Waals surface area contributed by atoms with E-state index in [2.05, 4.69) is 23.6 Å². The Hall–Kier alpha value is -0.610. The van der Waals surface area contributed by atoms with Gasteiger partial charge in [-0.25, -0.2) is 0 Å². The molecule has 2 rings (SSSR count). The average Bonchev–Trinajstić information content (AvgIpc) is 2.95. The van der Waals surface area contributed by atoms with Crippen LogP contribution >= 0.6 is 0 Å². The number of rotatable bonds is 5. The van der Waals surface area contributed by atoms with Gasteiger partial charge in [-0.2, -0.15) is 0 Å². The number of nitrogens with zero attached hydrogens (tertiary/aromatic N) is 2. The molecule has 2 heterocycles. The van der Waals surface area contributed by atoms with Crippen molar-refractivity contribution in [2.75, 3.05) is 32.7 Å². The Bertz CT molecular complexity index is 294. The van der Waals surface area contributed by atoms with Crippen molar-refractivity contribution in [2.45, 2.75) is 39.2 Å². The van der Waals surface area contributed by atoms with Crippen LogP contribution in [0.2, 0.25) is 0 Å². The first-order chi connectivity index (χ1) is 8.56. The minimum absolute atomic E-state index is 0.130. The lowest BCUT2D eigenvalue weighted by Crippen LogP contribution is -2.36. The van der Waals surface area contributed by atoms with Gasteiger partial charge in [-0.1, -0.05) is 13.8 Å². The fourth-order valence-corrected chi connectivity index (χ4v) is 3.07. The van der Waals surface area contributed by atoms with E-state index in [1.54, 1.807) is 0 Å². The summed E-state index contributed by atoms with van der Waals surface area (Å²) >= 11 is 0. The maximum atomic E-state index is 11.0. The van der Waals surface area contributed by atoms with Crippen LogP contribution < -0.4 is 0 Å². The number of hydrogen-bond acceptors (Lipinski definition) is 3. The predicted molar refractivity (Wildman–Crippen MR) is 71.6 cm³/mol.